The van der Waals surface area contributed by atoms with Gasteiger partial charge in [0, 0.05) is 0 Å². The molecule has 1 amide bonds. The minimum absolute atomic E-state index is 0.114. The van der Waals surface area contributed by atoms with Crippen LogP contribution in [0.25, 0.3) is 6.08 Å². The lowest BCUT2D eigenvalue weighted by Gasteiger charge is -2.28. The third-order valence-corrected chi connectivity index (χ3v) is 4.81. The van der Waals surface area contributed by atoms with Crippen LogP contribution < -0.4 is 5.11 Å². The summed E-state index contributed by atoms with van der Waals surface area (Å²) in [6.07, 6.45) is 2.05. The van der Waals surface area contributed by atoms with E-state index in [1.54, 1.807) is 6.08 Å². The zero-order chi connectivity index (χ0) is 17.1. The van der Waals surface area contributed by atoms with Crippen molar-refractivity contribution in [1.82, 2.24) is 4.90 Å². The van der Waals surface area contributed by atoms with Crippen molar-refractivity contribution >= 4 is 46.3 Å². The molecule has 0 saturated carbocycles. The lowest BCUT2D eigenvalue weighted by molar-refractivity contribution is -0.310. The first kappa shape index (κ1) is 17.7. The van der Waals surface area contributed by atoms with Crippen LogP contribution in [0.5, 0.6) is 0 Å². The summed E-state index contributed by atoms with van der Waals surface area (Å²) >= 11 is 6.35. The number of aryl methyl sites for hydroxylation is 1. The van der Waals surface area contributed by atoms with Crippen molar-refractivity contribution in [2.45, 2.75) is 33.2 Å². The SMILES string of the molecule is Cc1ccc(/C=C2\SC(=S)N([C@H](CC(C)C)C(=O)[O-])C2=O)cc1. The van der Waals surface area contributed by atoms with Crippen molar-refractivity contribution in [2.75, 3.05) is 0 Å². The molecule has 0 unspecified atom stereocenters. The fraction of sp³-hybridized carbons (Fsp3) is 0.353. The molecule has 0 spiro atoms. The van der Waals surface area contributed by atoms with E-state index in [2.05, 4.69) is 0 Å². The van der Waals surface area contributed by atoms with E-state index in [9.17, 15) is 14.7 Å². The summed E-state index contributed by atoms with van der Waals surface area (Å²) in [6, 6.07) is 6.70. The average Bonchev–Trinajstić information content (AvgIpc) is 2.73. The third kappa shape index (κ3) is 4.20. The van der Waals surface area contributed by atoms with Crippen molar-refractivity contribution in [1.29, 1.82) is 0 Å². The van der Waals surface area contributed by atoms with Gasteiger partial charge in [0.1, 0.15) is 4.32 Å². The molecule has 1 fully saturated rings. The van der Waals surface area contributed by atoms with Gasteiger partial charge < -0.3 is 9.90 Å². The zero-order valence-corrected chi connectivity index (χ0v) is 14.9. The summed E-state index contributed by atoms with van der Waals surface area (Å²) in [5.74, 6) is -1.52. The third-order valence-electron chi connectivity index (χ3n) is 3.48. The van der Waals surface area contributed by atoms with Crippen LogP contribution in [0.15, 0.2) is 29.2 Å². The smallest absolute Gasteiger partial charge is 0.266 e. The Hall–Kier alpha value is -1.66. The molecule has 4 nitrogen and oxygen atoms in total. The number of hydrogen-bond acceptors (Lipinski definition) is 5. The van der Waals surface area contributed by atoms with Gasteiger partial charge in [-0.3, -0.25) is 9.69 Å². The van der Waals surface area contributed by atoms with Gasteiger partial charge in [-0.25, -0.2) is 0 Å². The van der Waals surface area contributed by atoms with E-state index in [1.807, 2.05) is 45.0 Å². The number of thioether (sulfide) groups is 1. The molecule has 1 aromatic rings. The number of carbonyl (C=O) groups excluding carboxylic acids is 2. The molecule has 1 aliphatic rings. The second-order valence-electron chi connectivity index (χ2n) is 5.93. The van der Waals surface area contributed by atoms with E-state index in [1.165, 1.54) is 4.90 Å². The first-order valence-electron chi connectivity index (χ1n) is 7.34. The van der Waals surface area contributed by atoms with Crippen molar-refractivity contribution in [3.05, 3.63) is 40.3 Å². The van der Waals surface area contributed by atoms with E-state index in [-0.39, 0.29) is 16.1 Å². The predicted molar refractivity (Wildman–Crippen MR) is 94.4 cm³/mol. The summed E-state index contributed by atoms with van der Waals surface area (Å²) in [7, 11) is 0. The highest BCUT2D eigenvalue weighted by Crippen LogP contribution is 2.35. The number of thiocarbonyl (C=S) groups is 1. The van der Waals surface area contributed by atoms with Crippen molar-refractivity contribution in [3.63, 3.8) is 0 Å². The van der Waals surface area contributed by atoms with Crippen LogP contribution in [0.1, 0.15) is 31.4 Å². The summed E-state index contributed by atoms with van der Waals surface area (Å²) in [5, 5.41) is 11.4. The van der Waals surface area contributed by atoms with E-state index >= 15 is 0 Å². The maximum absolute atomic E-state index is 12.6. The molecule has 2 rings (SSSR count). The largest absolute Gasteiger partial charge is 0.548 e. The van der Waals surface area contributed by atoms with Crippen LogP contribution in [-0.2, 0) is 9.59 Å². The lowest BCUT2D eigenvalue weighted by Crippen LogP contribution is -2.50. The summed E-state index contributed by atoms with van der Waals surface area (Å²) < 4.78 is 0.267. The molecule has 122 valence electrons. The van der Waals surface area contributed by atoms with E-state index in [4.69, 9.17) is 12.2 Å². The maximum atomic E-state index is 12.6. The normalized spacial score (nSPS) is 18.1. The second-order valence-corrected chi connectivity index (χ2v) is 7.60. The minimum atomic E-state index is -1.27. The topological polar surface area (TPSA) is 60.4 Å². The second kappa shape index (κ2) is 7.27. The van der Waals surface area contributed by atoms with Gasteiger partial charge >= 0.3 is 0 Å². The molecule has 1 aromatic carbocycles. The summed E-state index contributed by atoms with van der Waals surface area (Å²) in [4.78, 5) is 25.6. The van der Waals surface area contributed by atoms with Crippen LogP contribution in [0.2, 0.25) is 0 Å². The van der Waals surface area contributed by atoms with Gasteiger partial charge in [-0.1, -0.05) is 67.7 Å². The van der Waals surface area contributed by atoms with Crippen LogP contribution in [0.4, 0.5) is 0 Å². The molecule has 1 saturated heterocycles. The number of amides is 1. The molecule has 23 heavy (non-hydrogen) atoms. The van der Waals surface area contributed by atoms with Crippen LogP contribution >= 0.6 is 24.0 Å². The molecule has 0 aromatic heterocycles. The summed E-state index contributed by atoms with van der Waals surface area (Å²) in [6.45, 7) is 5.78. The highest BCUT2D eigenvalue weighted by molar-refractivity contribution is 8.26. The molecule has 0 radical (unpaired) electrons. The predicted octanol–water partition coefficient (Wildman–Crippen LogP) is 2.36. The Morgan fingerprint density at radius 1 is 1.35 bits per heavy atom. The Morgan fingerprint density at radius 2 is 1.96 bits per heavy atom. The van der Waals surface area contributed by atoms with Gasteiger partial charge in [-0.2, -0.15) is 0 Å². The number of carbonyl (C=O) groups is 2. The highest BCUT2D eigenvalue weighted by atomic mass is 32.2. The Kier molecular flexibility index (Phi) is 5.59. The van der Waals surface area contributed by atoms with Crippen LogP contribution in [-0.4, -0.2) is 27.1 Å². The first-order chi connectivity index (χ1) is 10.8. The maximum Gasteiger partial charge on any atom is 0.266 e. The van der Waals surface area contributed by atoms with E-state index < -0.39 is 12.0 Å². The minimum Gasteiger partial charge on any atom is -0.548 e. The molecular formula is C17H18NO3S2-. The fourth-order valence-electron chi connectivity index (χ4n) is 2.32. The van der Waals surface area contributed by atoms with Gasteiger partial charge in [0.05, 0.1) is 16.9 Å². The number of carboxylic acid groups (broad SMARTS) is 1. The van der Waals surface area contributed by atoms with E-state index in [0.29, 0.717) is 11.3 Å². The Bertz CT molecular complexity index is 665. The number of benzene rings is 1. The number of rotatable bonds is 5. The van der Waals surface area contributed by atoms with Crippen LogP contribution in [0, 0.1) is 12.8 Å². The van der Waals surface area contributed by atoms with Gasteiger partial charge in [0.25, 0.3) is 5.91 Å². The first-order valence-corrected chi connectivity index (χ1v) is 8.56. The van der Waals surface area contributed by atoms with Crippen molar-refractivity contribution in [2.24, 2.45) is 5.92 Å². The van der Waals surface area contributed by atoms with Gasteiger partial charge in [-0.15, -0.1) is 0 Å². The molecular weight excluding hydrogens is 330 g/mol. The average molecular weight is 348 g/mol. The lowest BCUT2D eigenvalue weighted by atomic mass is 10.0. The van der Waals surface area contributed by atoms with Gasteiger partial charge in [-0.05, 0) is 30.9 Å². The van der Waals surface area contributed by atoms with E-state index in [0.717, 1.165) is 22.9 Å². The number of hydrogen-bond donors (Lipinski definition) is 0. The van der Waals surface area contributed by atoms with Crippen LogP contribution in [0.3, 0.4) is 0 Å². The molecule has 0 aliphatic carbocycles. The zero-order valence-electron chi connectivity index (χ0n) is 13.2. The molecule has 1 atom stereocenters. The molecule has 1 heterocycles. The molecule has 6 heteroatoms. The quantitative estimate of drug-likeness (QED) is 0.604. The highest BCUT2D eigenvalue weighted by Gasteiger charge is 2.37. The van der Waals surface area contributed by atoms with Crippen molar-refractivity contribution < 1.29 is 14.7 Å². The summed E-state index contributed by atoms with van der Waals surface area (Å²) in [5.41, 5.74) is 2.01. The number of nitrogens with zero attached hydrogens (tertiary/aromatic N) is 1. The fourth-order valence-corrected chi connectivity index (χ4v) is 3.67. The van der Waals surface area contributed by atoms with Crippen molar-refractivity contribution in [3.8, 4) is 0 Å². The monoisotopic (exact) mass is 348 g/mol. The Morgan fingerprint density at radius 3 is 2.48 bits per heavy atom. The molecule has 0 N–H and O–H groups in total. The number of aliphatic carboxylic acids is 1. The number of carboxylic acids is 1. The van der Waals surface area contributed by atoms with Gasteiger partial charge in [0.2, 0.25) is 0 Å². The molecule has 1 aliphatic heterocycles. The Labute approximate surface area is 145 Å². The Balaban J connectivity index is 2.28. The standard InChI is InChI=1S/C17H19NO3S2/c1-10(2)8-13(16(20)21)18-15(19)14(23-17(18)22)9-12-6-4-11(3)5-7-12/h4-7,9-10,13H,8H2,1-3H3,(H,20,21)/p-1/b14-9-/t13-/m1/s1. The molecule has 0 bridgehead atoms. The van der Waals surface area contributed by atoms with Gasteiger partial charge in [0.15, 0.2) is 0 Å².